The molecule has 7 heteroatoms. The number of carbonyl (C=O) groups is 1. The summed E-state index contributed by atoms with van der Waals surface area (Å²) in [6, 6.07) is 3.81. The molecule has 0 aromatic carbocycles. The third-order valence-electron chi connectivity index (χ3n) is 3.97. The van der Waals surface area contributed by atoms with Crippen LogP contribution >= 0.6 is 0 Å². The summed E-state index contributed by atoms with van der Waals surface area (Å²) in [5.41, 5.74) is 7.19. The Morgan fingerprint density at radius 1 is 1.48 bits per heavy atom. The van der Waals surface area contributed by atoms with Crippen LogP contribution in [0.3, 0.4) is 0 Å². The number of ether oxygens (including phenoxy) is 1. The number of hydrogen-bond acceptors (Lipinski definition) is 6. The van der Waals surface area contributed by atoms with E-state index in [1.165, 1.54) is 6.39 Å². The number of rotatable bonds is 4. The normalized spacial score (nSPS) is 18.1. The van der Waals surface area contributed by atoms with Gasteiger partial charge in [-0.1, -0.05) is 0 Å². The van der Waals surface area contributed by atoms with Gasteiger partial charge in [-0.05, 0) is 37.5 Å². The molecule has 3 heterocycles. The summed E-state index contributed by atoms with van der Waals surface area (Å²) in [5.74, 6) is 0.966. The quantitative estimate of drug-likeness (QED) is 0.917. The SMILES string of the molecule is Cc1ocnc1C(=O)N1CCO[C@H](CCc2ccnc(N)c2)C1. The fourth-order valence-electron chi connectivity index (χ4n) is 2.72. The van der Waals surface area contributed by atoms with Crippen molar-refractivity contribution in [3.63, 3.8) is 0 Å². The minimum absolute atomic E-state index is 0.00861. The number of anilines is 1. The summed E-state index contributed by atoms with van der Waals surface area (Å²) < 4.78 is 10.9. The molecule has 122 valence electrons. The van der Waals surface area contributed by atoms with Gasteiger partial charge >= 0.3 is 0 Å². The van der Waals surface area contributed by atoms with Crippen LogP contribution in [0, 0.1) is 6.92 Å². The monoisotopic (exact) mass is 316 g/mol. The summed E-state index contributed by atoms with van der Waals surface area (Å²) in [6.07, 6.45) is 4.67. The number of hydrogen-bond donors (Lipinski definition) is 1. The van der Waals surface area contributed by atoms with Gasteiger partial charge < -0.3 is 19.8 Å². The lowest BCUT2D eigenvalue weighted by Crippen LogP contribution is -2.46. The van der Waals surface area contributed by atoms with Crippen molar-refractivity contribution >= 4 is 11.7 Å². The molecular formula is C16H20N4O3. The lowest BCUT2D eigenvalue weighted by Gasteiger charge is -2.32. The number of nitrogens with two attached hydrogens (primary N) is 1. The Hall–Kier alpha value is -2.41. The molecule has 0 unspecified atom stereocenters. The number of pyridine rings is 1. The van der Waals surface area contributed by atoms with E-state index in [1.54, 1.807) is 18.0 Å². The summed E-state index contributed by atoms with van der Waals surface area (Å²) in [5, 5.41) is 0. The number of nitrogen functional groups attached to an aromatic ring is 1. The highest BCUT2D eigenvalue weighted by Gasteiger charge is 2.27. The van der Waals surface area contributed by atoms with Crippen LogP contribution in [0.25, 0.3) is 0 Å². The molecule has 3 rings (SSSR count). The van der Waals surface area contributed by atoms with Gasteiger partial charge in [0.05, 0.1) is 12.7 Å². The maximum absolute atomic E-state index is 12.5. The van der Waals surface area contributed by atoms with E-state index < -0.39 is 0 Å². The highest BCUT2D eigenvalue weighted by Crippen LogP contribution is 2.16. The van der Waals surface area contributed by atoms with Crippen LogP contribution in [-0.4, -0.2) is 46.6 Å². The fourth-order valence-corrected chi connectivity index (χ4v) is 2.72. The molecule has 0 saturated carbocycles. The maximum Gasteiger partial charge on any atom is 0.276 e. The molecule has 23 heavy (non-hydrogen) atoms. The van der Waals surface area contributed by atoms with Gasteiger partial charge in [0.25, 0.3) is 5.91 Å². The van der Waals surface area contributed by atoms with Crippen molar-refractivity contribution in [1.82, 2.24) is 14.9 Å². The number of amides is 1. The van der Waals surface area contributed by atoms with Gasteiger partial charge in [0.1, 0.15) is 11.6 Å². The van der Waals surface area contributed by atoms with Gasteiger partial charge in [0.15, 0.2) is 12.1 Å². The lowest BCUT2D eigenvalue weighted by molar-refractivity contribution is -0.0248. The average Bonchev–Trinajstić information content (AvgIpc) is 2.99. The summed E-state index contributed by atoms with van der Waals surface area (Å²) in [6.45, 7) is 3.41. The lowest BCUT2D eigenvalue weighted by atomic mass is 10.1. The van der Waals surface area contributed by atoms with E-state index in [0.717, 1.165) is 18.4 Å². The molecule has 0 radical (unpaired) electrons. The Labute approximate surface area is 134 Å². The van der Waals surface area contributed by atoms with E-state index in [2.05, 4.69) is 9.97 Å². The average molecular weight is 316 g/mol. The molecule has 1 saturated heterocycles. The molecule has 1 aliphatic rings. The molecule has 1 atom stereocenters. The first-order chi connectivity index (χ1) is 11.1. The van der Waals surface area contributed by atoms with Gasteiger partial charge in [-0.15, -0.1) is 0 Å². The second-order valence-electron chi connectivity index (χ2n) is 5.63. The summed E-state index contributed by atoms with van der Waals surface area (Å²) >= 11 is 0. The first kappa shape index (κ1) is 15.5. The third-order valence-corrected chi connectivity index (χ3v) is 3.97. The molecule has 0 spiro atoms. The second-order valence-corrected chi connectivity index (χ2v) is 5.63. The van der Waals surface area contributed by atoms with Gasteiger partial charge in [-0.3, -0.25) is 4.79 Å². The van der Waals surface area contributed by atoms with Crippen molar-refractivity contribution in [3.8, 4) is 0 Å². The smallest absolute Gasteiger partial charge is 0.276 e. The van der Waals surface area contributed by atoms with Crippen molar-refractivity contribution in [3.05, 3.63) is 41.7 Å². The predicted molar refractivity (Wildman–Crippen MR) is 83.9 cm³/mol. The molecule has 1 amide bonds. The Morgan fingerprint density at radius 3 is 3.09 bits per heavy atom. The number of nitrogens with zero attached hydrogens (tertiary/aromatic N) is 3. The standard InChI is InChI=1S/C16H20N4O3/c1-11-15(19-10-23-11)16(21)20-6-7-22-13(9-20)3-2-12-4-5-18-14(17)8-12/h4-5,8,10,13H,2-3,6-7,9H2,1H3,(H2,17,18)/t13-/m1/s1. The van der Waals surface area contributed by atoms with Gasteiger partial charge in [0.2, 0.25) is 0 Å². The maximum atomic E-state index is 12.5. The molecule has 2 aromatic rings. The minimum Gasteiger partial charge on any atom is -0.448 e. The molecule has 2 aromatic heterocycles. The molecule has 2 N–H and O–H groups in total. The largest absolute Gasteiger partial charge is 0.448 e. The van der Waals surface area contributed by atoms with E-state index in [4.69, 9.17) is 14.9 Å². The van der Waals surface area contributed by atoms with Gasteiger partial charge in [-0.25, -0.2) is 9.97 Å². The van der Waals surface area contributed by atoms with Crippen LogP contribution in [0.5, 0.6) is 0 Å². The molecular weight excluding hydrogens is 296 g/mol. The topological polar surface area (TPSA) is 94.5 Å². The molecule has 1 aliphatic heterocycles. The van der Waals surface area contributed by atoms with Crippen molar-refractivity contribution in [2.45, 2.75) is 25.9 Å². The zero-order chi connectivity index (χ0) is 16.2. The highest BCUT2D eigenvalue weighted by molar-refractivity contribution is 5.93. The fraction of sp³-hybridized carbons (Fsp3) is 0.438. The number of morpholine rings is 1. The first-order valence-electron chi connectivity index (χ1n) is 7.65. The molecule has 7 nitrogen and oxygen atoms in total. The highest BCUT2D eigenvalue weighted by atomic mass is 16.5. The Bertz CT molecular complexity index is 685. The van der Waals surface area contributed by atoms with E-state index in [9.17, 15) is 4.79 Å². The second kappa shape index (κ2) is 6.78. The van der Waals surface area contributed by atoms with Crippen molar-refractivity contribution in [2.75, 3.05) is 25.4 Å². The van der Waals surface area contributed by atoms with Crippen molar-refractivity contribution < 1.29 is 13.9 Å². The molecule has 0 bridgehead atoms. The van der Waals surface area contributed by atoms with Crippen LogP contribution in [0.1, 0.15) is 28.2 Å². The van der Waals surface area contributed by atoms with Gasteiger partial charge in [-0.2, -0.15) is 0 Å². The Morgan fingerprint density at radius 2 is 2.35 bits per heavy atom. The van der Waals surface area contributed by atoms with Crippen LogP contribution in [-0.2, 0) is 11.2 Å². The van der Waals surface area contributed by atoms with Crippen LogP contribution < -0.4 is 5.73 Å². The van der Waals surface area contributed by atoms with Crippen molar-refractivity contribution in [1.29, 1.82) is 0 Å². The zero-order valence-corrected chi connectivity index (χ0v) is 13.1. The van der Waals surface area contributed by atoms with E-state index in [1.807, 2.05) is 12.1 Å². The van der Waals surface area contributed by atoms with Crippen LogP contribution in [0.2, 0.25) is 0 Å². The zero-order valence-electron chi connectivity index (χ0n) is 13.1. The van der Waals surface area contributed by atoms with E-state index >= 15 is 0 Å². The summed E-state index contributed by atoms with van der Waals surface area (Å²) in [7, 11) is 0. The minimum atomic E-state index is -0.0993. The van der Waals surface area contributed by atoms with Gasteiger partial charge in [0, 0.05) is 19.3 Å². The van der Waals surface area contributed by atoms with Crippen molar-refractivity contribution in [2.24, 2.45) is 0 Å². The van der Waals surface area contributed by atoms with Crippen LogP contribution in [0.4, 0.5) is 5.82 Å². The predicted octanol–water partition coefficient (Wildman–Crippen LogP) is 1.43. The molecule has 1 fully saturated rings. The van der Waals surface area contributed by atoms with Crippen LogP contribution in [0.15, 0.2) is 29.1 Å². The number of aromatic nitrogens is 2. The Kier molecular flexibility index (Phi) is 4.57. The Balaban J connectivity index is 1.58. The molecule has 0 aliphatic carbocycles. The van der Waals surface area contributed by atoms with E-state index in [0.29, 0.717) is 37.0 Å². The first-order valence-corrected chi connectivity index (χ1v) is 7.65. The number of carbonyl (C=O) groups excluding carboxylic acids is 1. The number of aryl methyl sites for hydroxylation is 2. The number of oxazole rings is 1. The summed E-state index contributed by atoms with van der Waals surface area (Å²) in [4.78, 5) is 22.2. The van der Waals surface area contributed by atoms with E-state index in [-0.39, 0.29) is 12.0 Å². The third kappa shape index (κ3) is 3.68.